The lowest BCUT2D eigenvalue weighted by Crippen LogP contribution is -2.32. The molecule has 2 N–H and O–H groups in total. The van der Waals surface area contributed by atoms with Crippen molar-refractivity contribution in [1.82, 2.24) is 15.6 Å². The number of hydrogen-bond acceptors (Lipinski definition) is 4. The lowest BCUT2D eigenvalue weighted by molar-refractivity contribution is -0.122. The van der Waals surface area contributed by atoms with Crippen molar-refractivity contribution in [3.8, 4) is 0 Å². The third kappa shape index (κ3) is 5.00. The molecule has 0 aliphatic rings. The number of rotatable bonds is 6. The summed E-state index contributed by atoms with van der Waals surface area (Å²) in [7, 11) is 0. The van der Waals surface area contributed by atoms with E-state index in [1.165, 1.54) is 18.3 Å². The first-order chi connectivity index (χ1) is 10.1. The first-order valence-corrected chi connectivity index (χ1v) is 7.50. The Labute approximate surface area is 127 Å². The van der Waals surface area contributed by atoms with Crippen LogP contribution in [0, 0.1) is 0 Å². The fourth-order valence-corrected chi connectivity index (χ4v) is 2.68. The van der Waals surface area contributed by atoms with Gasteiger partial charge < -0.3 is 10.6 Å². The van der Waals surface area contributed by atoms with Gasteiger partial charge in [0.2, 0.25) is 11.8 Å². The van der Waals surface area contributed by atoms with Crippen molar-refractivity contribution in [1.29, 1.82) is 0 Å². The van der Waals surface area contributed by atoms with Crippen LogP contribution in [0.1, 0.15) is 30.0 Å². The fourth-order valence-electron chi connectivity index (χ4n) is 1.91. The van der Waals surface area contributed by atoms with Crippen LogP contribution in [0.25, 0.3) is 0 Å². The molecule has 0 radical (unpaired) electrons. The molecule has 0 saturated heterocycles. The molecular formula is C15H17N3O2S. The van der Waals surface area contributed by atoms with Crippen molar-refractivity contribution in [3.63, 3.8) is 0 Å². The molecule has 0 aliphatic carbocycles. The Hall–Kier alpha value is -2.21. The maximum atomic E-state index is 12.0. The van der Waals surface area contributed by atoms with Gasteiger partial charge in [0.25, 0.3) is 0 Å². The van der Waals surface area contributed by atoms with Gasteiger partial charge in [0.05, 0.1) is 24.7 Å². The first-order valence-electron chi connectivity index (χ1n) is 6.62. The van der Waals surface area contributed by atoms with Gasteiger partial charge in [-0.05, 0) is 23.6 Å². The van der Waals surface area contributed by atoms with Crippen LogP contribution in [-0.4, -0.2) is 16.8 Å². The Morgan fingerprint density at radius 1 is 1.29 bits per heavy atom. The molecular weight excluding hydrogens is 286 g/mol. The monoisotopic (exact) mass is 303 g/mol. The molecule has 0 aliphatic heterocycles. The number of hydrogen-bond donors (Lipinski definition) is 2. The van der Waals surface area contributed by atoms with Gasteiger partial charge in [0, 0.05) is 18.0 Å². The van der Waals surface area contributed by atoms with E-state index in [0.29, 0.717) is 6.54 Å². The van der Waals surface area contributed by atoms with E-state index in [1.807, 2.05) is 35.7 Å². The molecule has 2 heterocycles. The molecule has 2 rings (SSSR count). The molecule has 1 atom stereocenters. The Kier molecular flexibility index (Phi) is 5.45. The van der Waals surface area contributed by atoms with Crippen molar-refractivity contribution < 1.29 is 9.59 Å². The van der Waals surface area contributed by atoms with Gasteiger partial charge in [0.15, 0.2) is 0 Å². The van der Waals surface area contributed by atoms with Crippen LogP contribution < -0.4 is 10.6 Å². The van der Waals surface area contributed by atoms with E-state index in [4.69, 9.17) is 0 Å². The number of thiophene rings is 1. The summed E-state index contributed by atoms with van der Waals surface area (Å²) in [6.07, 6.45) is 1.90. The van der Waals surface area contributed by atoms with Crippen molar-refractivity contribution in [3.05, 3.63) is 52.5 Å². The van der Waals surface area contributed by atoms with E-state index >= 15 is 0 Å². The average molecular weight is 303 g/mol. The molecule has 1 unspecified atom stereocenters. The van der Waals surface area contributed by atoms with Crippen molar-refractivity contribution in [2.24, 2.45) is 0 Å². The summed E-state index contributed by atoms with van der Waals surface area (Å²) < 4.78 is 0. The highest BCUT2D eigenvalue weighted by molar-refractivity contribution is 7.10. The van der Waals surface area contributed by atoms with Crippen molar-refractivity contribution >= 4 is 23.2 Å². The van der Waals surface area contributed by atoms with E-state index in [2.05, 4.69) is 15.6 Å². The summed E-state index contributed by atoms with van der Waals surface area (Å²) in [5.74, 6) is -0.265. The standard InChI is InChI=1S/C15H17N3O2S/c1-11(19)18-13(14-6-4-8-21-14)9-15(20)17-10-12-5-2-3-7-16-12/h2-8,13H,9-10H2,1H3,(H,17,20)(H,18,19). The Bertz CT molecular complexity index is 584. The van der Waals surface area contributed by atoms with E-state index in [1.54, 1.807) is 6.20 Å². The highest BCUT2D eigenvalue weighted by Gasteiger charge is 2.17. The second kappa shape index (κ2) is 7.54. The lowest BCUT2D eigenvalue weighted by atomic mass is 10.1. The molecule has 2 amide bonds. The predicted octanol–water partition coefficient (Wildman–Crippen LogP) is 2.03. The van der Waals surface area contributed by atoms with E-state index in [-0.39, 0.29) is 24.3 Å². The Morgan fingerprint density at radius 2 is 2.14 bits per heavy atom. The summed E-state index contributed by atoms with van der Waals surface area (Å²) in [4.78, 5) is 28.4. The Morgan fingerprint density at radius 3 is 2.76 bits per heavy atom. The summed E-state index contributed by atoms with van der Waals surface area (Å²) in [5, 5.41) is 7.55. The minimum Gasteiger partial charge on any atom is -0.350 e. The topological polar surface area (TPSA) is 71.1 Å². The number of amides is 2. The minimum atomic E-state index is -0.286. The van der Waals surface area contributed by atoms with Crippen LogP contribution in [0.15, 0.2) is 41.9 Å². The molecule has 0 bridgehead atoms. The molecule has 0 saturated carbocycles. The van der Waals surface area contributed by atoms with Crippen LogP contribution >= 0.6 is 11.3 Å². The maximum absolute atomic E-state index is 12.0. The number of aromatic nitrogens is 1. The first kappa shape index (κ1) is 15.2. The van der Waals surface area contributed by atoms with Crippen LogP contribution in [-0.2, 0) is 16.1 Å². The molecule has 5 nitrogen and oxygen atoms in total. The van der Waals surface area contributed by atoms with Gasteiger partial charge in [-0.1, -0.05) is 12.1 Å². The fraction of sp³-hybridized carbons (Fsp3) is 0.267. The van der Waals surface area contributed by atoms with Gasteiger partial charge in [-0.25, -0.2) is 0 Å². The Balaban J connectivity index is 1.90. The highest BCUT2D eigenvalue weighted by Crippen LogP contribution is 2.21. The van der Waals surface area contributed by atoms with E-state index < -0.39 is 0 Å². The summed E-state index contributed by atoms with van der Waals surface area (Å²) >= 11 is 1.52. The number of nitrogens with one attached hydrogen (secondary N) is 2. The predicted molar refractivity (Wildman–Crippen MR) is 81.6 cm³/mol. The molecule has 2 aromatic rings. The summed E-state index contributed by atoms with van der Waals surface area (Å²) in [6, 6.07) is 9.09. The van der Waals surface area contributed by atoms with Gasteiger partial charge >= 0.3 is 0 Å². The van der Waals surface area contributed by atoms with Gasteiger partial charge in [0.1, 0.15) is 0 Å². The zero-order valence-corrected chi connectivity index (χ0v) is 12.5. The minimum absolute atomic E-state index is 0.118. The molecule has 0 spiro atoms. The second-order valence-corrected chi connectivity index (χ2v) is 5.55. The van der Waals surface area contributed by atoms with Crippen molar-refractivity contribution in [2.45, 2.75) is 25.9 Å². The van der Waals surface area contributed by atoms with Crippen LogP contribution in [0.3, 0.4) is 0 Å². The third-order valence-corrected chi connectivity index (χ3v) is 3.83. The van der Waals surface area contributed by atoms with Gasteiger partial charge in [-0.2, -0.15) is 0 Å². The third-order valence-electron chi connectivity index (χ3n) is 2.85. The summed E-state index contributed by atoms with van der Waals surface area (Å²) in [6.45, 7) is 1.84. The molecule has 0 aromatic carbocycles. The average Bonchev–Trinajstić information content (AvgIpc) is 2.99. The van der Waals surface area contributed by atoms with E-state index in [0.717, 1.165) is 10.6 Å². The maximum Gasteiger partial charge on any atom is 0.222 e. The zero-order valence-electron chi connectivity index (χ0n) is 11.7. The van der Waals surface area contributed by atoms with E-state index in [9.17, 15) is 9.59 Å². The molecule has 0 fully saturated rings. The van der Waals surface area contributed by atoms with Crippen molar-refractivity contribution in [2.75, 3.05) is 0 Å². The molecule has 110 valence electrons. The quantitative estimate of drug-likeness (QED) is 0.857. The second-order valence-electron chi connectivity index (χ2n) is 4.57. The number of pyridine rings is 1. The number of carbonyl (C=O) groups is 2. The molecule has 21 heavy (non-hydrogen) atoms. The zero-order chi connectivity index (χ0) is 15.1. The smallest absolute Gasteiger partial charge is 0.222 e. The number of carbonyl (C=O) groups excluding carboxylic acids is 2. The number of nitrogens with zero attached hydrogens (tertiary/aromatic N) is 1. The van der Waals surface area contributed by atoms with Gasteiger partial charge in [-0.15, -0.1) is 11.3 Å². The lowest BCUT2D eigenvalue weighted by Gasteiger charge is -2.16. The SMILES string of the molecule is CC(=O)NC(CC(=O)NCc1ccccn1)c1cccs1. The highest BCUT2D eigenvalue weighted by atomic mass is 32.1. The summed E-state index contributed by atoms with van der Waals surface area (Å²) in [5.41, 5.74) is 0.804. The van der Waals surface area contributed by atoms with Crippen LogP contribution in [0.2, 0.25) is 0 Å². The normalized spacial score (nSPS) is 11.7. The largest absolute Gasteiger partial charge is 0.350 e. The van der Waals surface area contributed by atoms with Crippen LogP contribution in [0.4, 0.5) is 0 Å². The van der Waals surface area contributed by atoms with Gasteiger partial charge in [-0.3, -0.25) is 14.6 Å². The molecule has 2 aromatic heterocycles. The molecule has 6 heteroatoms. The van der Waals surface area contributed by atoms with Crippen LogP contribution in [0.5, 0.6) is 0 Å².